The second-order valence-corrected chi connectivity index (χ2v) is 6.72. The smallest absolute Gasteiger partial charge is 0.384 e. The van der Waals surface area contributed by atoms with Crippen LogP contribution in [0, 0.1) is 11.8 Å². The van der Waals surface area contributed by atoms with E-state index in [2.05, 4.69) is 9.99 Å². The van der Waals surface area contributed by atoms with Crippen LogP contribution in [-0.4, -0.2) is 24.0 Å². The van der Waals surface area contributed by atoms with E-state index in [1.807, 2.05) is 0 Å². The Morgan fingerprint density at radius 3 is 1.81 bits per heavy atom. The van der Waals surface area contributed by atoms with Crippen molar-refractivity contribution in [3.63, 3.8) is 0 Å². The van der Waals surface area contributed by atoms with Crippen molar-refractivity contribution < 1.29 is 22.4 Å². The molecule has 6 heteroatoms. The van der Waals surface area contributed by atoms with Gasteiger partial charge in [0, 0.05) is 5.92 Å². The van der Waals surface area contributed by atoms with Gasteiger partial charge in [-0.1, -0.05) is 6.92 Å². The molecule has 0 saturated heterocycles. The maximum Gasteiger partial charge on any atom is 0.384 e. The van der Waals surface area contributed by atoms with Crippen LogP contribution in [0.4, 0.5) is 0 Å². The predicted octanol–water partition coefficient (Wildman–Crippen LogP) is 3.53. The van der Waals surface area contributed by atoms with Crippen molar-refractivity contribution in [3.8, 4) is 0 Å². The first-order chi connectivity index (χ1) is 10.1. The molecule has 5 nitrogen and oxygen atoms in total. The van der Waals surface area contributed by atoms with E-state index in [9.17, 15) is 9.59 Å². The number of halogens is 1. The molecule has 0 aromatic heterocycles. The third-order valence-corrected chi connectivity index (χ3v) is 5.01. The molecule has 2 fully saturated rings. The van der Waals surface area contributed by atoms with E-state index in [1.54, 1.807) is 0 Å². The largest absolute Gasteiger partial charge is 0.389 e. The van der Waals surface area contributed by atoms with E-state index in [0.29, 0.717) is 12.8 Å². The van der Waals surface area contributed by atoms with E-state index in [1.165, 1.54) is 35.8 Å². The fourth-order valence-electron chi connectivity index (χ4n) is 3.11. The molecular weight excluding hydrogens is 387 g/mol. The molecule has 0 aliphatic heterocycles. The highest BCUT2D eigenvalue weighted by atomic mass is 127. The molecule has 0 heterocycles. The lowest BCUT2D eigenvalue weighted by Gasteiger charge is -2.29. The zero-order valence-electron chi connectivity index (χ0n) is 12.4. The minimum atomic E-state index is -0.743. The topological polar surface area (TPSA) is 61.8 Å². The Labute approximate surface area is 139 Å². The maximum absolute atomic E-state index is 11.7. The van der Waals surface area contributed by atoms with Gasteiger partial charge in [0.2, 0.25) is 5.78 Å². The summed E-state index contributed by atoms with van der Waals surface area (Å²) >= 11 is 1.45. The first-order valence-electron chi connectivity index (χ1n) is 7.79. The molecule has 0 bridgehead atoms. The minimum absolute atomic E-state index is 0.0454. The molecule has 2 aliphatic rings. The van der Waals surface area contributed by atoms with Crippen LogP contribution in [0.15, 0.2) is 0 Å². The van der Waals surface area contributed by atoms with Gasteiger partial charge in [-0.25, -0.2) is 14.6 Å². The molecule has 2 aliphatic carbocycles. The fraction of sp³-hybridized carbons (Fsp3) is 0.867. The Balaban J connectivity index is 1.65. The summed E-state index contributed by atoms with van der Waals surface area (Å²) in [6.45, 7) is 2.27. The summed E-state index contributed by atoms with van der Waals surface area (Å²) in [6, 6.07) is 0. The monoisotopic (exact) mass is 410 g/mol. The van der Waals surface area contributed by atoms with Crippen LogP contribution >= 0.6 is 23.0 Å². The molecule has 0 aromatic carbocycles. The van der Waals surface area contributed by atoms with Crippen molar-refractivity contribution in [2.24, 2.45) is 11.8 Å². The van der Waals surface area contributed by atoms with E-state index in [0.717, 1.165) is 31.6 Å². The fourth-order valence-corrected chi connectivity index (χ4v) is 3.33. The van der Waals surface area contributed by atoms with Gasteiger partial charge >= 0.3 is 5.97 Å². The zero-order valence-corrected chi connectivity index (χ0v) is 14.5. The van der Waals surface area contributed by atoms with E-state index < -0.39 is 11.8 Å². The average molecular weight is 410 g/mol. The highest BCUT2D eigenvalue weighted by molar-refractivity contribution is 14.1. The molecule has 0 atom stereocenters. The van der Waals surface area contributed by atoms with Crippen molar-refractivity contribution in [1.82, 2.24) is 0 Å². The standard InChI is InChI=1S/C15H23IO5/c1-10-2-6-12(7-3-10)20-21-13-8-4-11(5-9-13)14(17)15(18)19-16/h10-13H,2-9H2,1H3. The molecule has 0 amide bonds. The Bertz CT molecular complexity index is 357. The number of rotatable bonds is 5. The maximum atomic E-state index is 11.7. The lowest BCUT2D eigenvalue weighted by Crippen LogP contribution is -2.31. The summed E-state index contributed by atoms with van der Waals surface area (Å²) in [4.78, 5) is 34.0. The van der Waals surface area contributed by atoms with Crippen molar-refractivity contribution in [3.05, 3.63) is 0 Å². The molecular formula is C15H23IO5. The van der Waals surface area contributed by atoms with Gasteiger partial charge in [-0.2, -0.15) is 0 Å². The van der Waals surface area contributed by atoms with Crippen molar-refractivity contribution in [1.29, 1.82) is 0 Å². The third kappa shape index (κ3) is 5.17. The van der Waals surface area contributed by atoms with E-state index in [-0.39, 0.29) is 18.1 Å². The molecule has 0 aromatic rings. The molecule has 0 radical (unpaired) electrons. The Hall–Kier alpha value is -0.210. The second-order valence-electron chi connectivity index (χ2n) is 6.28. The molecule has 21 heavy (non-hydrogen) atoms. The van der Waals surface area contributed by atoms with Gasteiger partial charge in [0.15, 0.2) is 23.0 Å². The number of hydrogen-bond donors (Lipinski definition) is 0. The number of carbonyl (C=O) groups is 2. The quantitative estimate of drug-likeness (QED) is 0.300. The van der Waals surface area contributed by atoms with Crippen LogP contribution < -0.4 is 0 Å². The van der Waals surface area contributed by atoms with Crippen LogP contribution in [0.2, 0.25) is 0 Å². The average Bonchev–Trinajstić information content (AvgIpc) is 2.53. The summed E-state index contributed by atoms with van der Waals surface area (Å²) in [5.74, 6) is -0.579. The summed E-state index contributed by atoms with van der Waals surface area (Å²) in [5, 5.41) is 0. The van der Waals surface area contributed by atoms with Crippen LogP contribution in [0.5, 0.6) is 0 Å². The predicted molar refractivity (Wildman–Crippen MR) is 84.5 cm³/mol. The van der Waals surface area contributed by atoms with Crippen LogP contribution in [0.25, 0.3) is 0 Å². The lowest BCUT2D eigenvalue weighted by atomic mass is 9.85. The Morgan fingerprint density at radius 2 is 1.33 bits per heavy atom. The van der Waals surface area contributed by atoms with Gasteiger partial charge in [-0.15, -0.1) is 0 Å². The van der Waals surface area contributed by atoms with Crippen LogP contribution in [0.1, 0.15) is 58.3 Å². The number of ketones is 1. The first-order valence-corrected chi connectivity index (χ1v) is 8.67. The normalized spacial score (nSPS) is 33.4. The lowest BCUT2D eigenvalue weighted by molar-refractivity contribution is -0.359. The molecule has 0 unspecified atom stereocenters. The summed E-state index contributed by atoms with van der Waals surface area (Å²) < 4.78 is 4.45. The van der Waals surface area contributed by atoms with Crippen LogP contribution in [0.3, 0.4) is 0 Å². The Morgan fingerprint density at radius 1 is 0.857 bits per heavy atom. The number of hydrogen-bond acceptors (Lipinski definition) is 5. The van der Waals surface area contributed by atoms with Gasteiger partial charge in [0.05, 0.1) is 12.2 Å². The zero-order chi connectivity index (χ0) is 15.2. The third-order valence-electron chi connectivity index (χ3n) is 4.61. The highest BCUT2D eigenvalue weighted by Gasteiger charge is 2.32. The second kappa shape index (κ2) is 8.43. The summed E-state index contributed by atoms with van der Waals surface area (Å²) in [5.41, 5.74) is 0. The van der Waals surface area contributed by atoms with Gasteiger partial charge in [-0.3, -0.25) is 4.79 Å². The number of Topliss-reactive ketones (excluding diaryl/α,β-unsaturated/α-hetero) is 1. The number of carbonyl (C=O) groups excluding carboxylic acids is 2. The molecule has 2 saturated carbocycles. The summed E-state index contributed by atoms with van der Waals surface area (Å²) in [6.07, 6.45) is 7.65. The van der Waals surface area contributed by atoms with Gasteiger partial charge in [-0.05, 0) is 57.3 Å². The summed E-state index contributed by atoms with van der Waals surface area (Å²) in [7, 11) is 0. The van der Waals surface area contributed by atoms with Gasteiger partial charge < -0.3 is 3.07 Å². The van der Waals surface area contributed by atoms with Crippen molar-refractivity contribution >= 4 is 34.8 Å². The van der Waals surface area contributed by atoms with Crippen molar-refractivity contribution in [2.45, 2.75) is 70.5 Å². The SMILES string of the molecule is CC1CCC(OOC2CCC(C(=O)C(=O)OI)CC2)CC1. The van der Waals surface area contributed by atoms with Gasteiger partial charge in [0.1, 0.15) is 0 Å². The minimum Gasteiger partial charge on any atom is -0.389 e. The van der Waals surface area contributed by atoms with Crippen molar-refractivity contribution in [2.75, 3.05) is 0 Å². The van der Waals surface area contributed by atoms with E-state index in [4.69, 9.17) is 9.78 Å². The molecule has 0 spiro atoms. The molecule has 2 rings (SSSR count). The Kier molecular flexibility index (Phi) is 6.88. The highest BCUT2D eigenvalue weighted by Crippen LogP contribution is 2.30. The van der Waals surface area contributed by atoms with Gasteiger partial charge in [0.25, 0.3) is 0 Å². The van der Waals surface area contributed by atoms with Crippen LogP contribution in [-0.2, 0) is 22.4 Å². The molecule has 120 valence electrons. The first kappa shape index (κ1) is 17.1. The van der Waals surface area contributed by atoms with E-state index >= 15 is 0 Å². The molecule has 0 N–H and O–H groups in total.